The molecular formula is C12H23NO. The van der Waals surface area contributed by atoms with Crippen LogP contribution in [0, 0.1) is 5.92 Å². The Morgan fingerprint density at radius 3 is 3.14 bits per heavy atom. The zero-order valence-electron chi connectivity index (χ0n) is 9.30. The fourth-order valence-electron chi connectivity index (χ4n) is 1.81. The smallest absolute Gasteiger partial charge is 0.0506 e. The van der Waals surface area contributed by atoms with E-state index in [4.69, 9.17) is 4.74 Å². The van der Waals surface area contributed by atoms with Gasteiger partial charge >= 0.3 is 0 Å². The van der Waals surface area contributed by atoms with Crippen molar-refractivity contribution in [2.45, 2.75) is 38.6 Å². The van der Waals surface area contributed by atoms with Gasteiger partial charge in [0.25, 0.3) is 0 Å². The molecule has 2 unspecified atom stereocenters. The number of hydrogen-bond acceptors (Lipinski definition) is 2. The van der Waals surface area contributed by atoms with Gasteiger partial charge in [0.15, 0.2) is 0 Å². The van der Waals surface area contributed by atoms with Crippen molar-refractivity contribution >= 4 is 0 Å². The zero-order chi connectivity index (χ0) is 10.2. The Bertz CT molecular complexity index is 152. The van der Waals surface area contributed by atoms with Gasteiger partial charge in [0, 0.05) is 19.2 Å². The molecule has 0 aromatic heterocycles. The first kappa shape index (κ1) is 11.7. The second kappa shape index (κ2) is 7.02. The largest absolute Gasteiger partial charge is 0.381 e. The van der Waals surface area contributed by atoms with Crippen LogP contribution in [0.15, 0.2) is 12.7 Å². The van der Waals surface area contributed by atoms with Crippen LogP contribution in [0.1, 0.15) is 32.6 Å². The van der Waals surface area contributed by atoms with E-state index in [0.29, 0.717) is 6.04 Å². The lowest BCUT2D eigenvalue weighted by Gasteiger charge is -2.24. The molecule has 1 aliphatic rings. The Morgan fingerprint density at radius 1 is 1.64 bits per heavy atom. The second-order valence-corrected chi connectivity index (χ2v) is 4.26. The SMILES string of the molecule is C=CCCC(C)NCC1CCCOC1. The van der Waals surface area contributed by atoms with Crippen LogP contribution in [0.4, 0.5) is 0 Å². The van der Waals surface area contributed by atoms with Crippen LogP contribution in [0.2, 0.25) is 0 Å². The summed E-state index contributed by atoms with van der Waals surface area (Å²) in [6, 6.07) is 0.606. The fourth-order valence-corrected chi connectivity index (χ4v) is 1.81. The topological polar surface area (TPSA) is 21.3 Å². The molecule has 2 nitrogen and oxygen atoms in total. The summed E-state index contributed by atoms with van der Waals surface area (Å²) in [5, 5.41) is 3.56. The summed E-state index contributed by atoms with van der Waals surface area (Å²) in [4.78, 5) is 0. The monoisotopic (exact) mass is 197 g/mol. The van der Waals surface area contributed by atoms with Crippen molar-refractivity contribution in [2.24, 2.45) is 5.92 Å². The van der Waals surface area contributed by atoms with Gasteiger partial charge in [-0.25, -0.2) is 0 Å². The lowest BCUT2D eigenvalue weighted by Crippen LogP contribution is -2.34. The molecule has 0 amide bonds. The van der Waals surface area contributed by atoms with Crippen LogP contribution in [-0.4, -0.2) is 25.8 Å². The van der Waals surface area contributed by atoms with Crippen molar-refractivity contribution in [1.82, 2.24) is 5.32 Å². The van der Waals surface area contributed by atoms with Crippen LogP contribution < -0.4 is 5.32 Å². The molecule has 1 heterocycles. The number of hydrogen-bond donors (Lipinski definition) is 1. The lowest BCUT2D eigenvalue weighted by atomic mass is 10.0. The van der Waals surface area contributed by atoms with Gasteiger partial charge in [0.2, 0.25) is 0 Å². The Hall–Kier alpha value is -0.340. The molecule has 1 rings (SSSR count). The van der Waals surface area contributed by atoms with E-state index < -0.39 is 0 Å². The Balaban J connectivity index is 2.03. The first-order chi connectivity index (χ1) is 6.83. The molecule has 0 bridgehead atoms. The van der Waals surface area contributed by atoms with Crippen LogP contribution in [0.5, 0.6) is 0 Å². The van der Waals surface area contributed by atoms with Crippen molar-refractivity contribution in [1.29, 1.82) is 0 Å². The van der Waals surface area contributed by atoms with Gasteiger partial charge in [-0.1, -0.05) is 6.08 Å². The highest BCUT2D eigenvalue weighted by atomic mass is 16.5. The summed E-state index contributed by atoms with van der Waals surface area (Å²) in [7, 11) is 0. The van der Waals surface area contributed by atoms with Crippen LogP contribution in [0.25, 0.3) is 0 Å². The first-order valence-corrected chi connectivity index (χ1v) is 5.75. The van der Waals surface area contributed by atoms with E-state index in [1.165, 1.54) is 19.3 Å². The van der Waals surface area contributed by atoms with E-state index in [0.717, 1.165) is 32.1 Å². The third-order valence-corrected chi connectivity index (χ3v) is 2.81. The van der Waals surface area contributed by atoms with E-state index in [1.54, 1.807) is 0 Å². The zero-order valence-corrected chi connectivity index (χ0v) is 9.30. The Morgan fingerprint density at radius 2 is 2.50 bits per heavy atom. The van der Waals surface area contributed by atoms with Gasteiger partial charge in [-0.05, 0) is 38.5 Å². The summed E-state index contributed by atoms with van der Waals surface area (Å²) in [5.41, 5.74) is 0. The van der Waals surface area contributed by atoms with Crippen molar-refractivity contribution in [3.63, 3.8) is 0 Å². The first-order valence-electron chi connectivity index (χ1n) is 5.75. The van der Waals surface area contributed by atoms with Gasteiger partial charge < -0.3 is 10.1 Å². The maximum atomic E-state index is 5.44. The molecule has 0 aliphatic carbocycles. The van der Waals surface area contributed by atoms with Crippen molar-refractivity contribution in [3.8, 4) is 0 Å². The van der Waals surface area contributed by atoms with E-state index >= 15 is 0 Å². The molecule has 2 heteroatoms. The van der Waals surface area contributed by atoms with Crippen molar-refractivity contribution in [3.05, 3.63) is 12.7 Å². The molecule has 1 fully saturated rings. The van der Waals surface area contributed by atoms with Gasteiger partial charge in [0.05, 0.1) is 6.61 Å². The Labute approximate surface area is 87.7 Å². The number of ether oxygens (including phenoxy) is 1. The van der Waals surface area contributed by atoms with E-state index in [2.05, 4.69) is 18.8 Å². The summed E-state index contributed by atoms with van der Waals surface area (Å²) < 4.78 is 5.44. The average Bonchev–Trinajstić information content (AvgIpc) is 2.25. The minimum Gasteiger partial charge on any atom is -0.381 e. The quantitative estimate of drug-likeness (QED) is 0.660. The molecule has 0 spiro atoms. The maximum absolute atomic E-state index is 5.44. The molecule has 1 saturated heterocycles. The molecule has 1 aliphatic heterocycles. The summed E-state index contributed by atoms with van der Waals surface area (Å²) >= 11 is 0. The van der Waals surface area contributed by atoms with Crippen LogP contribution in [-0.2, 0) is 4.74 Å². The summed E-state index contributed by atoms with van der Waals surface area (Å²) in [6.07, 6.45) is 6.84. The normalized spacial score (nSPS) is 24.5. The Kier molecular flexibility index (Phi) is 5.88. The predicted molar refractivity (Wildman–Crippen MR) is 60.4 cm³/mol. The molecule has 2 atom stereocenters. The van der Waals surface area contributed by atoms with Gasteiger partial charge in [-0.15, -0.1) is 6.58 Å². The third kappa shape index (κ3) is 4.77. The highest BCUT2D eigenvalue weighted by molar-refractivity contribution is 4.73. The number of rotatable bonds is 6. The van der Waals surface area contributed by atoms with Crippen molar-refractivity contribution in [2.75, 3.05) is 19.8 Å². The van der Waals surface area contributed by atoms with Crippen LogP contribution >= 0.6 is 0 Å². The minimum atomic E-state index is 0.606. The average molecular weight is 197 g/mol. The lowest BCUT2D eigenvalue weighted by molar-refractivity contribution is 0.0539. The molecule has 0 aromatic carbocycles. The summed E-state index contributed by atoms with van der Waals surface area (Å²) in [6.45, 7) is 8.99. The molecule has 1 N–H and O–H groups in total. The fraction of sp³-hybridized carbons (Fsp3) is 0.833. The molecular weight excluding hydrogens is 174 g/mol. The number of nitrogens with one attached hydrogen (secondary N) is 1. The summed E-state index contributed by atoms with van der Waals surface area (Å²) in [5.74, 6) is 0.731. The van der Waals surface area contributed by atoms with Crippen molar-refractivity contribution < 1.29 is 4.74 Å². The predicted octanol–water partition coefficient (Wildman–Crippen LogP) is 2.36. The van der Waals surface area contributed by atoms with E-state index in [9.17, 15) is 0 Å². The van der Waals surface area contributed by atoms with Gasteiger partial charge in [-0.2, -0.15) is 0 Å². The second-order valence-electron chi connectivity index (χ2n) is 4.26. The maximum Gasteiger partial charge on any atom is 0.0506 e. The third-order valence-electron chi connectivity index (χ3n) is 2.81. The van der Waals surface area contributed by atoms with E-state index in [1.807, 2.05) is 6.08 Å². The molecule has 0 radical (unpaired) electrons. The highest BCUT2D eigenvalue weighted by Crippen LogP contribution is 2.12. The molecule has 0 saturated carbocycles. The van der Waals surface area contributed by atoms with E-state index in [-0.39, 0.29) is 0 Å². The molecule has 14 heavy (non-hydrogen) atoms. The van der Waals surface area contributed by atoms with Gasteiger partial charge in [0.1, 0.15) is 0 Å². The van der Waals surface area contributed by atoms with Gasteiger partial charge in [-0.3, -0.25) is 0 Å². The van der Waals surface area contributed by atoms with Crippen LogP contribution in [0.3, 0.4) is 0 Å². The highest BCUT2D eigenvalue weighted by Gasteiger charge is 2.14. The molecule has 0 aromatic rings. The standard InChI is InChI=1S/C12H23NO/c1-3-4-6-11(2)13-9-12-7-5-8-14-10-12/h3,11-13H,1,4-10H2,2H3. The molecule has 82 valence electrons. The number of allylic oxidation sites excluding steroid dienone is 1. The minimum absolute atomic E-state index is 0.606.